The van der Waals surface area contributed by atoms with Crippen LogP contribution in [0.2, 0.25) is 0 Å². The summed E-state index contributed by atoms with van der Waals surface area (Å²) in [6.07, 6.45) is 0. The summed E-state index contributed by atoms with van der Waals surface area (Å²) >= 11 is 3.32. The molecule has 0 amide bonds. The standard InChI is InChI=1S/C16H18BrNO4S/c1-4-18(12-6-5-7-13(10-12)21-2)23(19,20)14-8-9-16(22-3)15(17)11-14/h5-11H,4H2,1-3H3. The summed E-state index contributed by atoms with van der Waals surface area (Å²) in [5, 5.41) is 0. The quantitative estimate of drug-likeness (QED) is 0.743. The summed E-state index contributed by atoms with van der Waals surface area (Å²) in [5.41, 5.74) is 0.554. The van der Waals surface area contributed by atoms with Crippen molar-refractivity contribution in [2.24, 2.45) is 0 Å². The Labute approximate surface area is 145 Å². The molecule has 0 aliphatic heterocycles. The molecular formula is C16H18BrNO4S. The zero-order valence-electron chi connectivity index (χ0n) is 13.1. The monoisotopic (exact) mass is 399 g/mol. The molecule has 0 aliphatic carbocycles. The number of benzene rings is 2. The first-order chi connectivity index (χ1) is 10.9. The van der Waals surface area contributed by atoms with Crippen molar-refractivity contribution in [3.63, 3.8) is 0 Å². The molecule has 0 aromatic heterocycles. The fourth-order valence-corrected chi connectivity index (χ4v) is 4.38. The Balaban J connectivity index is 2.48. The molecule has 2 rings (SSSR count). The van der Waals surface area contributed by atoms with Gasteiger partial charge >= 0.3 is 0 Å². The van der Waals surface area contributed by atoms with Crippen LogP contribution in [0.5, 0.6) is 11.5 Å². The molecule has 124 valence electrons. The Hall–Kier alpha value is -1.73. The minimum absolute atomic E-state index is 0.190. The van der Waals surface area contributed by atoms with E-state index in [2.05, 4.69) is 15.9 Å². The Kier molecular flexibility index (Phi) is 5.54. The van der Waals surface area contributed by atoms with Gasteiger partial charge in [0.15, 0.2) is 0 Å². The van der Waals surface area contributed by atoms with Gasteiger partial charge in [-0.1, -0.05) is 6.07 Å². The Morgan fingerprint density at radius 3 is 2.39 bits per heavy atom. The molecule has 0 spiro atoms. The third kappa shape index (κ3) is 3.61. The zero-order valence-corrected chi connectivity index (χ0v) is 15.5. The van der Waals surface area contributed by atoms with E-state index < -0.39 is 10.0 Å². The van der Waals surface area contributed by atoms with Gasteiger partial charge in [0, 0.05) is 12.6 Å². The van der Waals surface area contributed by atoms with E-state index in [9.17, 15) is 8.42 Å². The second-order valence-electron chi connectivity index (χ2n) is 4.67. The third-order valence-corrected chi connectivity index (χ3v) is 5.86. The van der Waals surface area contributed by atoms with E-state index in [4.69, 9.17) is 9.47 Å². The number of methoxy groups -OCH3 is 2. The molecule has 0 heterocycles. The molecule has 0 bridgehead atoms. The molecule has 23 heavy (non-hydrogen) atoms. The minimum Gasteiger partial charge on any atom is -0.497 e. The summed E-state index contributed by atoms with van der Waals surface area (Å²) in [5.74, 6) is 1.18. The number of nitrogens with zero attached hydrogens (tertiary/aromatic N) is 1. The average Bonchev–Trinajstić information content (AvgIpc) is 2.55. The maximum atomic E-state index is 12.9. The molecule has 0 unspecified atom stereocenters. The molecule has 2 aromatic carbocycles. The van der Waals surface area contributed by atoms with E-state index in [1.165, 1.54) is 23.5 Å². The summed E-state index contributed by atoms with van der Waals surface area (Å²) in [6.45, 7) is 2.09. The molecule has 0 saturated heterocycles. The van der Waals surface area contributed by atoms with Gasteiger partial charge in [0.25, 0.3) is 10.0 Å². The molecule has 0 aliphatic rings. The Morgan fingerprint density at radius 2 is 1.83 bits per heavy atom. The van der Waals surface area contributed by atoms with E-state index in [-0.39, 0.29) is 4.90 Å². The van der Waals surface area contributed by atoms with Crippen LogP contribution in [0.1, 0.15) is 6.92 Å². The number of hydrogen-bond acceptors (Lipinski definition) is 4. The third-order valence-electron chi connectivity index (χ3n) is 3.34. The lowest BCUT2D eigenvalue weighted by atomic mass is 10.3. The number of sulfonamides is 1. The van der Waals surface area contributed by atoms with E-state index in [1.54, 1.807) is 44.4 Å². The number of ether oxygens (including phenoxy) is 2. The smallest absolute Gasteiger partial charge is 0.264 e. The topological polar surface area (TPSA) is 55.8 Å². The van der Waals surface area contributed by atoms with Gasteiger partial charge in [-0.15, -0.1) is 0 Å². The Bertz CT molecular complexity index is 792. The van der Waals surface area contributed by atoms with Crippen LogP contribution in [-0.2, 0) is 10.0 Å². The van der Waals surface area contributed by atoms with Crippen LogP contribution < -0.4 is 13.8 Å². The number of hydrogen-bond donors (Lipinski definition) is 0. The van der Waals surface area contributed by atoms with Gasteiger partial charge in [0.1, 0.15) is 11.5 Å². The van der Waals surface area contributed by atoms with Crippen LogP contribution in [0.4, 0.5) is 5.69 Å². The summed E-state index contributed by atoms with van der Waals surface area (Å²) < 4.78 is 38.1. The SMILES string of the molecule is CCN(c1cccc(OC)c1)S(=O)(=O)c1ccc(OC)c(Br)c1. The van der Waals surface area contributed by atoms with Crippen molar-refractivity contribution < 1.29 is 17.9 Å². The van der Waals surface area contributed by atoms with Crippen LogP contribution in [0.15, 0.2) is 51.8 Å². The highest BCUT2D eigenvalue weighted by atomic mass is 79.9. The van der Waals surface area contributed by atoms with Crippen LogP contribution in [0.25, 0.3) is 0 Å². The molecular weight excluding hydrogens is 382 g/mol. The summed E-state index contributed by atoms with van der Waals surface area (Å²) in [6, 6.07) is 11.7. The largest absolute Gasteiger partial charge is 0.497 e. The van der Waals surface area contributed by atoms with E-state index in [0.29, 0.717) is 28.2 Å². The zero-order chi connectivity index (χ0) is 17.0. The number of rotatable bonds is 6. The second kappa shape index (κ2) is 7.23. The molecule has 5 nitrogen and oxygen atoms in total. The highest BCUT2D eigenvalue weighted by Gasteiger charge is 2.24. The molecule has 0 saturated carbocycles. The van der Waals surface area contributed by atoms with Crippen LogP contribution in [0, 0.1) is 0 Å². The van der Waals surface area contributed by atoms with Crippen molar-refractivity contribution in [1.29, 1.82) is 0 Å². The van der Waals surface area contributed by atoms with E-state index in [0.717, 1.165) is 0 Å². The second-order valence-corrected chi connectivity index (χ2v) is 7.38. The van der Waals surface area contributed by atoms with Crippen molar-refractivity contribution in [3.8, 4) is 11.5 Å². The number of halogens is 1. The highest BCUT2D eigenvalue weighted by molar-refractivity contribution is 9.10. The Morgan fingerprint density at radius 1 is 1.09 bits per heavy atom. The molecule has 2 aromatic rings. The fraction of sp³-hybridized carbons (Fsp3) is 0.250. The van der Waals surface area contributed by atoms with Crippen molar-refractivity contribution in [1.82, 2.24) is 0 Å². The fourth-order valence-electron chi connectivity index (χ4n) is 2.19. The first-order valence-corrected chi connectivity index (χ1v) is 9.17. The molecule has 7 heteroatoms. The van der Waals surface area contributed by atoms with Crippen LogP contribution in [-0.4, -0.2) is 29.2 Å². The highest BCUT2D eigenvalue weighted by Crippen LogP contribution is 2.31. The van der Waals surface area contributed by atoms with Gasteiger partial charge in [-0.05, 0) is 53.2 Å². The van der Waals surface area contributed by atoms with E-state index >= 15 is 0 Å². The lowest BCUT2D eigenvalue weighted by Crippen LogP contribution is -2.30. The predicted octanol–water partition coefficient (Wildman–Crippen LogP) is 3.68. The maximum Gasteiger partial charge on any atom is 0.264 e. The van der Waals surface area contributed by atoms with Gasteiger partial charge in [0.05, 0.1) is 29.3 Å². The van der Waals surface area contributed by atoms with Crippen LogP contribution >= 0.6 is 15.9 Å². The van der Waals surface area contributed by atoms with Gasteiger partial charge in [-0.2, -0.15) is 0 Å². The van der Waals surface area contributed by atoms with E-state index in [1.807, 2.05) is 0 Å². The number of anilines is 1. The first kappa shape index (κ1) is 17.6. The van der Waals surface area contributed by atoms with Crippen LogP contribution in [0.3, 0.4) is 0 Å². The average molecular weight is 400 g/mol. The lowest BCUT2D eigenvalue weighted by Gasteiger charge is -2.23. The molecule has 0 fully saturated rings. The first-order valence-electron chi connectivity index (χ1n) is 6.94. The van der Waals surface area contributed by atoms with Gasteiger partial charge < -0.3 is 9.47 Å². The van der Waals surface area contributed by atoms with Gasteiger partial charge in [-0.25, -0.2) is 8.42 Å². The summed E-state index contributed by atoms with van der Waals surface area (Å²) in [4.78, 5) is 0.190. The molecule has 0 radical (unpaired) electrons. The molecule has 0 N–H and O–H groups in total. The normalized spacial score (nSPS) is 11.1. The maximum absolute atomic E-state index is 12.9. The van der Waals surface area contributed by atoms with Crippen molar-refractivity contribution in [2.45, 2.75) is 11.8 Å². The van der Waals surface area contributed by atoms with Gasteiger partial charge in [0.2, 0.25) is 0 Å². The van der Waals surface area contributed by atoms with Crippen molar-refractivity contribution >= 4 is 31.6 Å². The summed E-state index contributed by atoms with van der Waals surface area (Å²) in [7, 11) is -0.608. The minimum atomic E-state index is -3.68. The molecule has 0 atom stereocenters. The van der Waals surface area contributed by atoms with Gasteiger partial charge in [-0.3, -0.25) is 4.31 Å². The van der Waals surface area contributed by atoms with Crippen molar-refractivity contribution in [3.05, 3.63) is 46.9 Å². The van der Waals surface area contributed by atoms with Crippen molar-refractivity contribution in [2.75, 3.05) is 25.1 Å². The lowest BCUT2D eigenvalue weighted by molar-refractivity contribution is 0.411. The predicted molar refractivity (Wildman–Crippen MR) is 93.9 cm³/mol.